The molecule has 2 rings (SSSR count). The van der Waals surface area contributed by atoms with Gasteiger partial charge in [-0.2, -0.15) is 4.98 Å². The zero-order valence-electron chi connectivity index (χ0n) is 10.1. The van der Waals surface area contributed by atoms with E-state index in [1.54, 1.807) is 0 Å². The highest BCUT2D eigenvalue weighted by molar-refractivity contribution is 5.43. The maximum absolute atomic E-state index is 11.7. The lowest BCUT2D eigenvalue weighted by Gasteiger charge is -2.18. The van der Waals surface area contributed by atoms with Gasteiger partial charge in [-0.3, -0.25) is 4.57 Å². The molecule has 1 aliphatic heterocycles. The summed E-state index contributed by atoms with van der Waals surface area (Å²) in [6.07, 6.45) is -3.59. The van der Waals surface area contributed by atoms with Gasteiger partial charge >= 0.3 is 5.69 Å². The Morgan fingerprint density at radius 1 is 1.53 bits per heavy atom. The molecule has 1 fully saturated rings. The Kier molecular flexibility index (Phi) is 3.71. The second kappa shape index (κ2) is 5.13. The smallest absolute Gasteiger partial charge is 0.351 e. The first-order valence-corrected chi connectivity index (χ1v) is 5.54. The molecule has 1 saturated heterocycles. The lowest BCUT2D eigenvalue weighted by molar-refractivity contribution is -0.0551. The van der Waals surface area contributed by atoms with Crippen LogP contribution in [0.4, 0.5) is 5.82 Å². The molecule has 0 bridgehead atoms. The van der Waals surface area contributed by atoms with E-state index >= 15 is 0 Å². The van der Waals surface area contributed by atoms with Crippen LogP contribution in [0.1, 0.15) is 6.23 Å². The van der Waals surface area contributed by atoms with E-state index in [2.05, 4.69) is 4.98 Å². The fraction of sp³-hybridized carbons (Fsp3) is 0.600. The van der Waals surface area contributed by atoms with Gasteiger partial charge in [-0.05, 0) is 0 Å². The molecule has 1 unspecified atom stereocenters. The van der Waals surface area contributed by atoms with Crippen molar-refractivity contribution in [2.75, 3.05) is 19.5 Å². The van der Waals surface area contributed by atoms with Crippen LogP contribution in [0.2, 0.25) is 0 Å². The van der Waals surface area contributed by atoms with Gasteiger partial charge in [0.1, 0.15) is 18.3 Å². The van der Waals surface area contributed by atoms with Crippen LogP contribution >= 0.6 is 0 Å². The van der Waals surface area contributed by atoms with Gasteiger partial charge in [0.2, 0.25) is 0 Å². The SMILES string of the molecule is COc1cn([C@@H]2O[C@H](CO)C(O)[C@@H]2O)c(=O)nc1N. The number of aromatic nitrogens is 2. The van der Waals surface area contributed by atoms with E-state index in [0.29, 0.717) is 0 Å². The van der Waals surface area contributed by atoms with E-state index in [9.17, 15) is 15.0 Å². The minimum Gasteiger partial charge on any atom is -0.491 e. The normalized spacial score (nSPS) is 30.5. The highest BCUT2D eigenvalue weighted by Gasteiger charge is 2.43. The molecule has 0 amide bonds. The number of aliphatic hydroxyl groups excluding tert-OH is 3. The minimum atomic E-state index is -1.37. The maximum Gasteiger partial charge on any atom is 0.351 e. The summed E-state index contributed by atoms with van der Waals surface area (Å²) < 4.78 is 11.1. The van der Waals surface area contributed by atoms with Crippen LogP contribution in [-0.2, 0) is 4.74 Å². The number of nitrogen functional groups attached to an aromatic ring is 1. The lowest BCUT2D eigenvalue weighted by atomic mass is 10.1. The molecule has 0 saturated carbocycles. The van der Waals surface area contributed by atoms with Gasteiger partial charge < -0.3 is 30.5 Å². The van der Waals surface area contributed by atoms with E-state index in [4.69, 9.17) is 20.3 Å². The van der Waals surface area contributed by atoms with Crippen molar-refractivity contribution in [3.63, 3.8) is 0 Å². The van der Waals surface area contributed by atoms with E-state index in [1.807, 2.05) is 0 Å². The molecule has 0 aromatic carbocycles. The molecule has 0 spiro atoms. The predicted molar refractivity (Wildman–Crippen MR) is 62.5 cm³/mol. The van der Waals surface area contributed by atoms with Gasteiger partial charge in [0.15, 0.2) is 17.8 Å². The number of aliphatic hydroxyl groups is 3. The Hall–Kier alpha value is -1.68. The first-order chi connectivity index (χ1) is 8.99. The molecule has 0 radical (unpaired) electrons. The van der Waals surface area contributed by atoms with Crippen molar-refractivity contribution in [2.45, 2.75) is 24.5 Å². The minimum absolute atomic E-state index is 0.0875. The van der Waals surface area contributed by atoms with E-state index in [0.717, 1.165) is 4.57 Å². The average molecular weight is 273 g/mol. The third kappa shape index (κ3) is 2.28. The fourth-order valence-corrected chi connectivity index (χ4v) is 1.91. The van der Waals surface area contributed by atoms with Crippen molar-refractivity contribution in [3.8, 4) is 5.75 Å². The van der Waals surface area contributed by atoms with E-state index in [-0.39, 0.29) is 11.6 Å². The van der Waals surface area contributed by atoms with Crippen LogP contribution in [0, 0.1) is 0 Å². The third-order valence-electron chi connectivity index (χ3n) is 2.96. The summed E-state index contributed by atoms with van der Waals surface area (Å²) in [7, 11) is 1.35. The Bertz CT molecular complexity index is 518. The molecule has 1 aromatic rings. The summed E-state index contributed by atoms with van der Waals surface area (Å²) >= 11 is 0. The summed E-state index contributed by atoms with van der Waals surface area (Å²) in [5.41, 5.74) is 4.72. The van der Waals surface area contributed by atoms with Crippen LogP contribution in [0.3, 0.4) is 0 Å². The van der Waals surface area contributed by atoms with Crippen molar-refractivity contribution in [1.29, 1.82) is 0 Å². The molecule has 2 heterocycles. The molecule has 1 aromatic heterocycles. The summed E-state index contributed by atoms with van der Waals surface area (Å²) in [6, 6.07) is 0. The summed E-state index contributed by atoms with van der Waals surface area (Å²) in [4.78, 5) is 15.2. The molecular weight excluding hydrogens is 258 g/mol. The first kappa shape index (κ1) is 13.7. The van der Waals surface area contributed by atoms with Crippen molar-refractivity contribution in [3.05, 3.63) is 16.7 Å². The number of hydrogen-bond acceptors (Lipinski definition) is 8. The Labute approximate surface area is 107 Å². The van der Waals surface area contributed by atoms with E-state index in [1.165, 1.54) is 13.3 Å². The zero-order valence-corrected chi connectivity index (χ0v) is 10.1. The van der Waals surface area contributed by atoms with Crippen LogP contribution in [0.15, 0.2) is 11.0 Å². The molecular formula is C10H15N3O6. The highest BCUT2D eigenvalue weighted by Crippen LogP contribution is 2.29. The predicted octanol–water partition coefficient (Wildman–Crippen LogP) is -2.55. The molecule has 5 N–H and O–H groups in total. The standard InChI is InChI=1S/C10H15N3O6/c1-18-4-2-13(10(17)12-8(4)11)9-7(16)6(15)5(3-14)19-9/h2,5-7,9,14-16H,3H2,1H3,(H2,11,12,17)/t5-,6?,7+,9-/m1/s1. The number of ether oxygens (including phenoxy) is 2. The van der Waals surface area contributed by atoms with Crippen molar-refractivity contribution < 1.29 is 24.8 Å². The van der Waals surface area contributed by atoms with Gasteiger partial charge in [0, 0.05) is 0 Å². The van der Waals surface area contributed by atoms with Crippen molar-refractivity contribution in [2.24, 2.45) is 0 Å². The topological polar surface area (TPSA) is 140 Å². The molecule has 19 heavy (non-hydrogen) atoms. The zero-order chi connectivity index (χ0) is 14.2. The third-order valence-corrected chi connectivity index (χ3v) is 2.96. The van der Waals surface area contributed by atoms with Gasteiger partial charge in [-0.25, -0.2) is 4.79 Å². The number of methoxy groups -OCH3 is 1. The molecule has 1 aliphatic rings. The Morgan fingerprint density at radius 3 is 2.74 bits per heavy atom. The summed E-state index contributed by atoms with van der Waals surface area (Å²) in [5, 5.41) is 28.4. The lowest BCUT2D eigenvalue weighted by Crippen LogP contribution is -2.36. The largest absolute Gasteiger partial charge is 0.491 e. The number of nitrogens with two attached hydrogens (primary N) is 1. The van der Waals surface area contributed by atoms with Crippen LogP contribution in [0.25, 0.3) is 0 Å². The van der Waals surface area contributed by atoms with E-state index < -0.39 is 36.8 Å². The number of hydrogen-bond donors (Lipinski definition) is 4. The Balaban J connectivity index is 2.40. The van der Waals surface area contributed by atoms with Crippen molar-refractivity contribution >= 4 is 5.82 Å². The van der Waals surface area contributed by atoms with Crippen LogP contribution in [-0.4, -0.2) is 56.9 Å². The second-order valence-corrected chi connectivity index (χ2v) is 4.11. The molecule has 9 nitrogen and oxygen atoms in total. The molecule has 106 valence electrons. The molecule has 0 aliphatic carbocycles. The highest BCUT2D eigenvalue weighted by atomic mass is 16.6. The second-order valence-electron chi connectivity index (χ2n) is 4.11. The van der Waals surface area contributed by atoms with Gasteiger partial charge in [-0.1, -0.05) is 0 Å². The fourth-order valence-electron chi connectivity index (χ4n) is 1.91. The quantitative estimate of drug-likeness (QED) is 0.471. The maximum atomic E-state index is 11.7. The summed E-state index contributed by atoms with van der Waals surface area (Å²) in [5.74, 6) is 0.0489. The Morgan fingerprint density at radius 2 is 2.21 bits per heavy atom. The number of anilines is 1. The summed E-state index contributed by atoms with van der Waals surface area (Å²) in [6.45, 7) is -0.483. The molecule has 9 heteroatoms. The number of nitrogens with zero attached hydrogens (tertiary/aromatic N) is 2. The average Bonchev–Trinajstić information content (AvgIpc) is 2.67. The van der Waals surface area contributed by atoms with Gasteiger partial charge in [-0.15, -0.1) is 0 Å². The monoisotopic (exact) mass is 273 g/mol. The van der Waals surface area contributed by atoms with Gasteiger partial charge in [0.05, 0.1) is 19.9 Å². The molecule has 4 atom stereocenters. The van der Waals surface area contributed by atoms with Crippen LogP contribution in [0.5, 0.6) is 5.75 Å². The first-order valence-electron chi connectivity index (χ1n) is 5.54. The van der Waals surface area contributed by atoms with Crippen molar-refractivity contribution in [1.82, 2.24) is 9.55 Å². The number of rotatable bonds is 3. The van der Waals surface area contributed by atoms with Gasteiger partial charge in [0.25, 0.3) is 0 Å². The van der Waals surface area contributed by atoms with Crippen LogP contribution < -0.4 is 16.2 Å².